The molecule has 1 amide bonds. The van der Waals surface area contributed by atoms with Crippen LogP contribution < -0.4 is 30.0 Å². The van der Waals surface area contributed by atoms with Crippen molar-refractivity contribution in [3.63, 3.8) is 0 Å². The number of nitrogen functional groups attached to an aromatic ring is 1. The lowest BCUT2D eigenvalue weighted by Crippen LogP contribution is -2.13. The largest absolute Gasteiger partial charge is 0.494 e. The standard InChI is InChI=1S/C17H20N2O5/c1-21-13-9-11(18)5-6-12(13)19-17(20)10-7-14(22-2)16(24-4)15(8-10)23-3/h5-9H,18H2,1-4H3,(H,19,20). The second-order valence-electron chi connectivity index (χ2n) is 4.83. The first-order valence-corrected chi connectivity index (χ1v) is 7.09. The number of amides is 1. The zero-order valence-corrected chi connectivity index (χ0v) is 14.0. The van der Waals surface area contributed by atoms with E-state index < -0.39 is 0 Å². The van der Waals surface area contributed by atoms with Crippen molar-refractivity contribution in [2.75, 3.05) is 39.5 Å². The molecule has 0 unspecified atom stereocenters. The minimum Gasteiger partial charge on any atom is -0.494 e. The molecule has 0 saturated heterocycles. The highest BCUT2D eigenvalue weighted by Crippen LogP contribution is 2.38. The number of nitrogens with one attached hydrogen (secondary N) is 1. The van der Waals surface area contributed by atoms with E-state index in [0.717, 1.165) is 0 Å². The van der Waals surface area contributed by atoms with Crippen LogP contribution in [0.15, 0.2) is 30.3 Å². The van der Waals surface area contributed by atoms with E-state index in [0.29, 0.717) is 39.9 Å². The van der Waals surface area contributed by atoms with Gasteiger partial charge in [0, 0.05) is 17.3 Å². The summed E-state index contributed by atoms with van der Waals surface area (Å²) >= 11 is 0. The summed E-state index contributed by atoms with van der Waals surface area (Å²) in [5, 5.41) is 2.77. The minimum absolute atomic E-state index is 0.350. The van der Waals surface area contributed by atoms with E-state index in [9.17, 15) is 4.79 Å². The van der Waals surface area contributed by atoms with Gasteiger partial charge in [-0.15, -0.1) is 0 Å². The molecule has 0 heterocycles. The molecule has 0 radical (unpaired) electrons. The lowest BCUT2D eigenvalue weighted by Gasteiger charge is -2.15. The number of carbonyl (C=O) groups excluding carboxylic acids is 1. The SMILES string of the molecule is COc1cc(N)ccc1NC(=O)c1cc(OC)c(OC)c(OC)c1. The number of benzene rings is 2. The summed E-state index contributed by atoms with van der Waals surface area (Å²) in [5.74, 6) is 1.33. The number of hydrogen-bond donors (Lipinski definition) is 2. The van der Waals surface area contributed by atoms with Gasteiger partial charge in [-0.3, -0.25) is 4.79 Å². The zero-order chi connectivity index (χ0) is 17.7. The molecule has 0 atom stereocenters. The van der Waals surface area contributed by atoms with Crippen molar-refractivity contribution in [2.24, 2.45) is 0 Å². The van der Waals surface area contributed by atoms with E-state index in [-0.39, 0.29) is 5.91 Å². The summed E-state index contributed by atoms with van der Waals surface area (Å²) in [6, 6.07) is 8.11. The number of methoxy groups -OCH3 is 4. The third kappa shape index (κ3) is 3.45. The molecule has 3 N–H and O–H groups in total. The number of nitrogens with two attached hydrogens (primary N) is 1. The van der Waals surface area contributed by atoms with Crippen LogP contribution in [-0.4, -0.2) is 34.3 Å². The Labute approximate surface area is 140 Å². The Morgan fingerprint density at radius 2 is 1.46 bits per heavy atom. The molecule has 2 aromatic carbocycles. The number of hydrogen-bond acceptors (Lipinski definition) is 6. The van der Waals surface area contributed by atoms with E-state index in [4.69, 9.17) is 24.7 Å². The average Bonchev–Trinajstić information content (AvgIpc) is 2.61. The summed E-state index contributed by atoms with van der Waals surface area (Å²) in [7, 11) is 5.98. The van der Waals surface area contributed by atoms with Gasteiger partial charge in [0.2, 0.25) is 5.75 Å². The van der Waals surface area contributed by atoms with Crippen LogP contribution in [0.3, 0.4) is 0 Å². The molecule has 0 bridgehead atoms. The lowest BCUT2D eigenvalue weighted by atomic mass is 10.1. The van der Waals surface area contributed by atoms with Crippen LogP contribution in [-0.2, 0) is 0 Å². The first-order valence-electron chi connectivity index (χ1n) is 7.09. The fourth-order valence-electron chi connectivity index (χ4n) is 2.22. The molecular formula is C17H20N2O5. The van der Waals surface area contributed by atoms with E-state index in [1.54, 1.807) is 30.3 Å². The van der Waals surface area contributed by atoms with Crippen molar-refractivity contribution in [3.05, 3.63) is 35.9 Å². The average molecular weight is 332 g/mol. The normalized spacial score (nSPS) is 10.0. The van der Waals surface area contributed by atoms with Crippen LogP contribution in [0, 0.1) is 0 Å². The van der Waals surface area contributed by atoms with Crippen molar-refractivity contribution >= 4 is 17.3 Å². The number of anilines is 2. The summed E-state index contributed by atoms with van der Waals surface area (Å²) in [4.78, 5) is 12.6. The zero-order valence-electron chi connectivity index (χ0n) is 14.0. The molecule has 2 aromatic rings. The van der Waals surface area contributed by atoms with Crippen molar-refractivity contribution in [2.45, 2.75) is 0 Å². The second kappa shape index (κ2) is 7.45. The molecule has 128 valence electrons. The summed E-state index contributed by atoms with van der Waals surface area (Å²) in [5.41, 5.74) is 7.11. The number of rotatable bonds is 6. The third-order valence-corrected chi connectivity index (χ3v) is 3.40. The highest BCUT2D eigenvalue weighted by molar-refractivity contribution is 6.06. The molecule has 0 aliphatic heterocycles. The van der Waals surface area contributed by atoms with Crippen molar-refractivity contribution in [1.82, 2.24) is 0 Å². The molecule has 0 spiro atoms. The van der Waals surface area contributed by atoms with Gasteiger partial charge in [-0.05, 0) is 24.3 Å². The van der Waals surface area contributed by atoms with Crippen LogP contribution in [0.25, 0.3) is 0 Å². The van der Waals surface area contributed by atoms with Crippen LogP contribution in [0.1, 0.15) is 10.4 Å². The van der Waals surface area contributed by atoms with Crippen LogP contribution >= 0.6 is 0 Å². The van der Waals surface area contributed by atoms with Gasteiger partial charge < -0.3 is 30.0 Å². The predicted molar refractivity (Wildman–Crippen MR) is 91.5 cm³/mol. The Morgan fingerprint density at radius 3 is 1.96 bits per heavy atom. The van der Waals surface area contributed by atoms with Crippen molar-refractivity contribution in [3.8, 4) is 23.0 Å². The Kier molecular flexibility index (Phi) is 5.36. The van der Waals surface area contributed by atoms with Crippen LogP contribution in [0.4, 0.5) is 11.4 Å². The molecule has 24 heavy (non-hydrogen) atoms. The van der Waals surface area contributed by atoms with E-state index in [1.807, 2.05) is 0 Å². The maximum atomic E-state index is 12.6. The molecule has 7 heteroatoms. The predicted octanol–water partition coefficient (Wildman–Crippen LogP) is 2.56. The van der Waals surface area contributed by atoms with Gasteiger partial charge in [0.05, 0.1) is 34.1 Å². The quantitative estimate of drug-likeness (QED) is 0.790. The first kappa shape index (κ1) is 17.3. The molecule has 0 aliphatic rings. The molecule has 2 rings (SSSR count). The molecule has 7 nitrogen and oxygen atoms in total. The maximum Gasteiger partial charge on any atom is 0.256 e. The highest BCUT2D eigenvalue weighted by atomic mass is 16.5. The van der Waals surface area contributed by atoms with Gasteiger partial charge in [-0.1, -0.05) is 0 Å². The molecule has 0 saturated carbocycles. The Hall–Kier alpha value is -3.09. The molecule has 0 fully saturated rings. The van der Waals surface area contributed by atoms with Gasteiger partial charge in [0.1, 0.15) is 5.75 Å². The van der Waals surface area contributed by atoms with Gasteiger partial charge in [0.15, 0.2) is 11.5 Å². The minimum atomic E-state index is -0.350. The fraction of sp³-hybridized carbons (Fsp3) is 0.235. The molecule has 0 aliphatic carbocycles. The van der Waals surface area contributed by atoms with Crippen LogP contribution in [0.5, 0.6) is 23.0 Å². The Morgan fingerprint density at radius 1 is 0.875 bits per heavy atom. The van der Waals surface area contributed by atoms with Gasteiger partial charge >= 0.3 is 0 Å². The monoisotopic (exact) mass is 332 g/mol. The fourth-order valence-corrected chi connectivity index (χ4v) is 2.22. The topological polar surface area (TPSA) is 92.0 Å². The first-order chi connectivity index (χ1) is 11.5. The summed E-state index contributed by atoms with van der Waals surface area (Å²) in [6.07, 6.45) is 0. The van der Waals surface area contributed by atoms with E-state index >= 15 is 0 Å². The number of ether oxygens (including phenoxy) is 4. The Balaban J connectivity index is 2.36. The Bertz CT molecular complexity index is 721. The van der Waals surface area contributed by atoms with Gasteiger partial charge in [-0.25, -0.2) is 0 Å². The van der Waals surface area contributed by atoms with Crippen molar-refractivity contribution < 1.29 is 23.7 Å². The summed E-state index contributed by atoms with van der Waals surface area (Å²) in [6.45, 7) is 0. The third-order valence-electron chi connectivity index (χ3n) is 3.40. The van der Waals surface area contributed by atoms with Gasteiger partial charge in [0.25, 0.3) is 5.91 Å². The highest BCUT2D eigenvalue weighted by Gasteiger charge is 2.18. The number of carbonyl (C=O) groups is 1. The van der Waals surface area contributed by atoms with Gasteiger partial charge in [-0.2, -0.15) is 0 Å². The van der Waals surface area contributed by atoms with E-state index in [1.165, 1.54) is 28.4 Å². The maximum absolute atomic E-state index is 12.6. The molecule has 0 aromatic heterocycles. The molecular weight excluding hydrogens is 312 g/mol. The summed E-state index contributed by atoms with van der Waals surface area (Å²) < 4.78 is 21.0. The smallest absolute Gasteiger partial charge is 0.256 e. The van der Waals surface area contributed by atoms with Crippen LogP contribution in [0.2, 0.25) is 0 Å². The van der Waals surface area contributed by atoms with E-state index in [2.05, 4.69) is 5.32 Å². The second-order valence-corrected chi connectivity index (χ2v) is 4.83. The lowest BCUT2D eigenvalue weighted by molar-refractivity contribution is 0.102. The van der Waals surface area contributed by atoms with Crippen molar-refractivity contribution in [1.29, 1.82) is 0 Å².